The third kappa shape index (κ3) is 2.73. The zero-order valence-corrected chi connectivity index (χ0v) is 11.0. The number of carbonyl (C=O) groups is 1. The Labute approximate surface area is 106 Å². The normalized spacial score (nSPS) is 18.0. The van der Waals surface area contributed by atoms with Crippen molar-refractivity contribution in [3.05, 3.63) is 18.0 Å². The van der Waals surface area contributed by atoms with E-state index in [4.69, 9.17) is 5.14 Å². The molecule has 1 aromatic heterocycles. The van der Waals surface area contributed by atoms with Gasteiger partial charge in [0.2, 0.25) is 10.0 Å². The summed E-state index contributed by atoms with van der Waals surface area (Å²) < 4.78 is 22.2. The summed E-state index contributed by atoms with van der Waals surface area (Å²) >= 11 is 0. The number of rotatable bonds is 2. The Bertz CT molecular complexity index is 542. The Kier molecular flexibility index (Phi) is 3.45. The minimum Gasteiger partial charge on any atom is -0.356 e. The molecule has 1 amide bonds. The quantitative estimate of drug-likeness (QED) is 0.821. The van der Waals surface area contributed by atoms with Crippen LogP contribution in [0.15, 0.2) is 17.2 Å². The fourth-order valence-electron chi connectivity index (χ4n) is 2.04. The van der Waals surface area contributed by atoms with Gasteiger partial charge in [-0.15, -0.1) is 0 Å². The Hall–Kier alpha value is -1.34. The van der Waals surface area contributed by atoms with E-state index in [9.17, 15) is 13.2 Å². The lowest BCUT2D eigenvalue weighted by Crippen LogP contribution is -2.38. The van der Waals surface area contributed by atoms with E-state index in [2.05, 4.69) is 11.9 Å². The average Bonchev–Trinajstić information content (AvgIpc) is 2.78. The number of nitrogens with zero attached hydrogens (tertiary/aromatic N) is 1. The highest BCUT2D eigenvalue weighted by molar-refractivity contribution is 7.89. The Morgan fingerprint density at radius 2 is 2.06 bits per heavy atom. The van der Waals surface area contributed by atoms with Crippen LogP contribution in [0.1, 0.15) is 30.3 Å². The third-order valence-corrected chi connectivity index (χ3v) is 4.18. The van der Waals surface area contributed by atoms with Crippen LogP contribution in [-0.4, -0.2) is 37.3 Å². The number of hydrogen-bond donors (Lipinski definition) is 2. The van der Waals surface area contributed by atoms with Crippen molar-refractivity contribution < 1.29 is 13.2 Å². The number of carbonyl (C=O) groups excluding carboxylic acids is 1. The second kappa shape index (κ2) is 4.74. The number of H-pyrrole nitrogens is 1. The summed E-state index contributed by atoms with van der Waals surface area (Å²) in [6, 6.07) is 1.29. The SMILES string of the molecule is CC1CCN(C(=O)c2cc(S(N)(=O)=O)c[nH]2)CC1. The van der Waals surface area contributed by atoms with Crippen molar-refractivity contribution in [3.8, 4) is 0 Å². The van der Waals surface area contributed by atoms with Crippen LogP contribution in [0.4, 0.5) is 0 Å². The molecule has 0 unspecified atom stereocenters. The molecule has 100 valence electrons. The summed E-state index contributed by atoms with van der Waals surface area (Å²) in [5, 5.41) is 4.99. The molecule has 0 spiro atoms. The minimum atomic E-state index is -3.76. The van der Waals surface area contributed by atoms with Crippen molar-refractivity contribution in [1.29, 1.82) is 0 Å². The van der Waals surface area contributed by atoms with Gasteiger partial charge in [-0.25, -0.2) is 13.6 Å². The highest BCUT2D eigenvalue weighted by Crippen LogP contribution is 2.18. The molecule has 0 bridgehead atoms. The lowest BCUT2D eigenvalue weighted by Gasteiger charge is -2.29. The zero-order chi connectivity index (χ0) is 13.3. The highest BCUT2D eigenvalue weighted by atomic mass is 32.2. The summed E-state index contributed by atoms with van der Waals surface area (Å²) in [4.78, 5) is 16.5. The van der Waals surface area contributed by atoms with Crippen LogP contribution in [-0.2, 0) is 10.0 Å². The van der Waals surface area contributed by atoms with Crippen LogP contribution < -0.4 is 5.14 Å². The standard InChI is InChI=1S/C11H17N3O3S/c1-8-2-4-14(5-3-8)11(15)10-6-9(7-13-10)18(12,16)17/h6-8,13H,2-5H2,1H3,(H2,12,16,17). The number of aromatic nitrogens is 1. The predicted molar refractivity (Wildman–Crippen MR) is 66.5 cm³/mol. The zero-order valence-electron chi connectivity index (χ0n) is 10.2. The molecule has 18 heavy (non-hydrogen) atoms. The monoisotopic (exact) mass is 271 g/mol. The van der Waals surface area contributed by atoms with Gasteiger partial charge >= 0.3 is 0 Å². The van der Waals surface area contributed by atoms with E-state index in [0.29, 0.717) is 19.0 Å². The van der Waals surface area contributed by atoms with Gasteiger partial charge < -0.3 is 9.88 Å². The molecule has 0 atom stereocenters. The van der Waals surface area contributed by atoms with E-state index >= 15 is 0 Å². The first-order chi connectivity index (χ1) is 8.38. The summed E-state index contributed by atoms with van der Waals surface area (Å²) in [6.07, 6.45) is 3.21. The van der Waals surface area contributed by atoms with E-state index in [1.165, 1.54) is 12.3 Å². The van der Waals surface area contributed by atoms with Gasteiger partial charge in [0.25, 0.3) is 5.91 Å². The van der Waals surface area contributed by atoms with E-state index in [-0.39, 0.29) is 16.5 Å². The number of nitrogens with one attached hydrogen (secondary N) is 1. The number of hydrogen-bond acceptors (Lipinski definition) is 3. The van der Waals surface area contributed by atoms with E-state index in [0.717, 1.165) is 12.8 Å². The van der Waals surface area contributed by atoms with Gasteiger partial charge in [0, 0.05) is 19.3 Å². The first kappa shape index (κ1) is 13.1. The first-order valence-corrected chi connectivity index (χ1v) is 7.43. The molecule has 0 aromatic carbocycles. The van der Waals surface area contributed by atoms with Gasteiger partial charge in [-0.1, -0.05) is 6.92 Å². The Balaban J connectivity index is 2.12. The number of aromatic amines is 1. The van der Waals surface area contributed by atoms with Gasteiger partial charge in [0.1, 0.15) is 5.69 Å². The second-order valence-electron chi connectivity index (χ2n) is 4.77. The van der Waals surface area contributed by atoms with Crippen molar-refractivity contribution >= 4 is 15.9 Å². The average molecular weight is 271 g/mol. The molecule has 1 saturated heterocycles. The van der Waals surface area contributed by atoms with Gasteiger partial charge in [0.15, 0.2) is 0 Å². The van der Waals surface area contributed by atoms with Gasteiger partial charge in [-0.2, -0.15) is 0 Å². The molecular formula is C11H17N3O3S. The van der Waals surface area contributed by atoms with Gasteiger partial charge in [-0.05, 0) is 24.8 Å². The Morgan fingerprint density at radius 3 is 2.56 bits per heavy atom. The fourth-order valence-corrected chi connectivity index (χ4v) is 2.55. The fraction of sp³-hybridized carbons (Fsp3) is 0.545. The number of likely N-dealkylation sites (tertiary alicyclic amines) is 1. The maximum atomic E-state index is 12.1. The van der Waals surface area contributed by atoms with Gasteiger partial charge in [0.05, 0.1) is 4.90 Å². The van der Waals surface area contributed by atoms with Crippen molar-refractivity contribution in [3.63, 3.8) is 0 Å². The van der Waals surface area contributed by atoms with Crippen molar-refractivity contribution in [2.45, 2.75) is 24.7 Å². The van der Waals surface area contributed by atoms with E-state index in [1.54, 1.807) is 4.90 Å². The van der Waals surface area contributed by atoms with Crippen molar-refractivity contribution in [2.24, 2.45) is 11.1 Å². The van der Waals surface area contributed by atoms with Crippen LogP contribution >= 0.6 is 0 Å². The molecule has 3 N–H and O–H groups in total. The molecule has 1 aliphatic rings. The number of amides is 1. The molecular weight excluding hydrogens is 254 g/mol. The van der Waals surface area contributed by atoms with Crippen molar-refractivity contribution in [1.82, 2.24) is 9.88 Å². The molecule has 1 aliphatic heterocycles. The molecule has 0 radical (unpaired) electrons. The molecule has 7 heteroatoms. The first-order valence-electron chi connectivity index (χ1n) is 5.88. The van der Waals surface area contributed by atoms with E-state index in [1.807, 2.05) is 0 Å². The molecule has 1 fully saturated rings. The number of sulfonamides is 1. The highest BCUT2D eigenvalue weighted by Gasteiger charge is 2.23. The number of nitrogens with two attached hydrogens (primary N) is 1. The number of piperidine rings is 1. The third-order valence-electron chi connectivity index (χ3n) is 3.29. The largest absolute Gasteiger partial charge is 0.356 e. The molecule has 0 saturated carbocycles. The topological polar surface area (TPSA) is 96.3 Å². The van der Waals surface area contributed by atoms with Crippen molar-refractivity contribution in [2.75, 3.05) is 13.1 Å². The minimum absolute atomic E-state index is 0.0590. The summed E-state index contributed by atoms with van der Waals surface area (Å²) in [5.41, 5.74) is 0.272. The van der Waals surface area contributed by atoms with Crippen LogP contribution in [0.25, 0.3) is 0 Å². The molecule has 6 nitrogen and oxygen atoms in total. The summed E-state index contributed by atoms with van der Waals surface area (Å²) in [7, 11) is -3.76. The van der Waals surface area contributed by atoms with E-state index < -0.39 is 10.0 Å². The molecule has 0 aliphatic carbocycles. The van der Waals surface area contributed by atoms with Crippen LogP contribution in [0.3, 0.4) is 0 Å². The Morgan fingerprint density at radius 1 is 1.44 bits per heavy atom. The summed E-state index contributed by atoms with van der Waals surface area (Å²) in [6.45, 7) is 3.59. The molecule has 2 rings (SSSR count). The molecule has 2 heterocycles. The lowest BCUT2D eigenvalue weighted by molar-refractivity contribution is 0.0692. The van der Waals surface area contributed by atoms with Gasteiger partial charge in [-0.3, -0.25) is 4.79 Å². The number of primary sulfonamides is 1. The van der Waals surface area contributed by atoms with Crippen LogP contribution in [0.2, 0.25) is 0 Å². The molecule has 1 aromatic rings. The predicted octanol–water partition coefficient (Wildman–Crippen LogP) is 0.534. The van der Waals surface area contributed by atoms with Crippen LogP contribution in [0, 0.1) is 5.92 Å². The summed E-state index contributed by atoms with van der Waals surface area (Å²) in [5.74, 6) is 0.467. The maximum Gasteiger partial charge on any atom is 0.270 e. The second-order valence-corrected chi connectivity index (χ2v) is 6.33. The lowest BCUT2D eigenvalue weighted by atomic mass is 9.99. The smallest absolute Gasteiger partial charge is 0.270 e. The maximum absolute atomic E-state index is 12.1. The van der Waals surface area contributed by atoms with Crippen LogP contribution in [0.5, 0.6) is 0 Å².